The van der Waals surface area contributed by atoms with Crippen LogP contribution in [0.5, 0.6) is 0 Å². The van der Waals surface area contributed by atoms with Crippen LogP contribution in [0.2, 0.25) is 0 Å². The van der Waals surface area contributed by atoms with E-state index in [1.54, 1.807) is 0 Å². The first-order valence-corrected chi connectivity index (χ1v) is 5.60. The molecule has 0 aromatic carbocycles. The first-order valence-electron chi connectivity index (χ1n) is 3.45. The summed E-state index contributed by atoms with van der Waals surface area (Å²) < 4.78 is 21.6. The van der Waals surface area contributed by atoms with Gasteiger partial charge in [0, 0.05) is 0 Å². The molecule has 0 unspecified atom stereocenters. The molecule has 2 saturated heterocycles. The number of hydrogen-bond acceptors (Lipinski definition) is 2. The lowest BCUT2D eigenvalue weighted by atomic mass is 9.76. The van der Waals surface area contributed by atoms with Gasteiger partial charge in [-0.2, -0.15) is 0 Å². The van der Waals surface area contributed by atoms with Crippen LogP contribution in [0.4, 0.5) is 0 Å². The molecule has 1 atom stereocenters. The average molecular weight is 181 g/mol. The molecule has 1 saturated carbocycles. The van der Waals surface area contributed by atoms with Crippen molar-refractivity contribution < 1.29 is 8.42 Å². The maximum atomic E-state index is 11.1. The predicted octanol–water partition coefficient (Wildman–Crippen LogP) is 1.01. The third-order valence-electron chi connectivity index (χ3n) is 2.45. The Morgan fingerprint density at radius 2 is 1.90 bits per heavy atom. The number of halogens is 1. The Bertz CT molecular complexity index is 240. The maximum absolute atomic E-state index is 11.1. The van der Waals surface area contributed by atoms with Crippen LogP contribution < -0.4 is 0 Å². The number of hydrogen-bond donors (Lipinski definition) is 0. The van der Waals surface area contributed by atoms with Crippen LogP contribution in [0.1, 0.15) is 12.8 Å². The van der Waals surface area contributed by atoms with E-state index in [2.05, 4.69) is 0 Å². The fraction of sp³-hybridized carbons (Fsp3) is 1.00. The predicted molar refractivity (Wildman–Crippen MR) is 39.6 cm³/mol. The van der Waals surface area contributed by atoms with Gasteiger partial charge in [0.15, 0.2) is 9.84 Å². The van der Waals surface area contributed by atoms with E-state index >= 15 is 0 Å². The van der Waals surface area contributed by atoms with Crippen LogP contribution in [-0.2, 0) is 9.84 Å². The summed E-state index contributed by atoms with van der Waals surface area (Å²) in [7, 11) is -2.90. The minimum absolute atomic E-state index is 0.269. The summed E-state index contributed by atoms with van der Waals surface area (Å²) in [6, 6.07) is 0. The average Bonchev–Trinajstić information content (AvgIpc) is 1.72. The molecule has 3 rings (SSSR count). The van der Waals surface area contributed by atoms with Crippen molar-refractivity contribution in [3.8, 4) is 0 Å². The van der Waals surface area contributed by atoms with E-state index in [-0.39, 0.29) is 5.92 Å². The van der Waals surface area contributed by atoms with Gasteiger partial charge >= 0.3 is 0 Å². The maximum Gasteiger partial charge on any atom is 0.167 e. The Labute approximate surface area is 65.5 Å². The van der Waals surface area contributed by atoms with Crippen molar-refractivity contribution in [3.63, 3.8) is 0 Å². The van der Waals surface area contributed by atoms with Crippen molar-refractivity contribution in [1.82, 2.24) is 0 Å². The summed E-state index contributed by atoms with van der Waals surface area (Å²) in [4.78, 5) is 0. The van der Waals surface area contributed by atoms with Gasteiger partial charge in [0.05, 0.1) is 5.75 Å². The molecule has 4 heteroatoms. The number of alkyl halides is 1. The first kappa shape index (κ1) is 6.92. The second kappa shape index (κ2) is 1.89. The van der Waals surface area contributed by atoms with Crippen LogP contribution >= 0.6 is 11.6 Å². The first-order chi connectivity index (χ1) is 4.59. The Balaban J connectivity index is 2.29. The van der Waals surface area contributed by atoms with Crippen molar-refractivity contribution in [2.75, 3.05) is 5.75 Å². The fourth-order valence-electron chi connectivity index (χ4n) is 1.85. The molecule has 0 N–H and O–H groups in total. The lowest BCUT2D eigenvalue weighted by Crippen LogP contribution is -2.46. The smallest absolute Gasteiger partial charge is 0.167 e. The van der Waals surface area contributed by atoms with Gasteiger partial charge in [-0.05, 0) is 24.7 Å². The molecule has 3 aliphatic rings. The van der Waals surface area contributed by atoms with E-state index in [9.17, 15) is 8.42 Å². The molecule has 0 spiro atoms. The summed E-state index contributed by atoms with van der Waals surface area (Å²) in [5.41, 5.74) is 0. The molecular weight excluding hydrogens is 172 g/mol. The quantitative estimate of drug-likeness (QED) is 0.522. The highest BCUT2D eigenvalue weighted by Crippen LogP contribution is 2.46. The summed E-state index contributed by atoms with van der Waals surface area (Å²) in [6.07, 6.45) is 2.07. The highest BCUT2D eigenvalue weighted by atomic mass is 35.5. The van der Waals surface area contributed by atoms with Gasteiger partial charge in [-0.1, -0.05) is 0 Å². The standard InChI is InChI=1S/C6H9ClO2S/c7-6-5-1-4(2-5)3-10(6,8)9/h4-6H,1-3H2/t4?,5?,6-/m0/s1. The molecule has 1 aliphatic carbocycles. The van der Waals surface area contributed by atoms with Crippen LogP contribution in [-0.4, -0.2) is 18.9 Å². The highest BCUT2D eigenvalue weighted by molar-refractivity contribution is 7.93. The number of fused-ring (bicyclic) bond motifs is 2. The van der Waals surface area contributed by atoms with E-state index in [0.717, 1.165) is 12.8 Å². The van der Waals surface area contributed by atoms with Gasteiger partial charge in [-0.3, -0.25) is 0 Å². The Morgan fingerprint density at radius 1 is 1.30 bits per heavy atom. The lowest BCUT2D eigenvalue weighted by Gasteiger charge is -2.43. The highest BCUT2D eigenvalue weighted by Gasteiger charge is 2.48. The molecule has 0 aromatic rings. The third kappa shape index (κ3) is 0.800. The zero-order chi connectivity index (χ0) is 7.35. The minimum Gasteiger partial charge on any atom is -0.227 e. The molecule has 58 valence electrons. The molecule has 2 nitrogen and oxygen atoms in total. The largest absolute Gasteiger partial charge is 0.227 e. The third-order valence-corrected chi connectivity index (χ3v) is 5.63. The van der Waals surface area contributed by atoms with Gasteiger partial charge in [0.2, 0.25) is 0 Å². The number of rotatable bonds is 0. The lowest BCUT2D eigenvalue weighted by molar-refractivity contribution is 0.209. The zero-order valence-electron chi connectivity index (χ0n) is 5.46. The van der Waals surface area contributed by atoms with E-state index in [1.807, 2.05) is 0 Å². The molecule has 0 aromatic heterocycles. The molecule has 0 amide bonds. The Hall–Kier alpha value is 0.240. The number of sulfone groups is 1. The second-order valence-electron chi connectivity index (χ2n) is 3.28. The van der Waals surface area contributed by atoms with Crippen molar-refractivity contribution >= 4 is 21.4 Å². The monoisotopic (exact) mass is 180 g/mol. The topological polar surface area (TPSA) is 34.1 Å². The molecule has 0 radical (unpaired) electrons. The summed E-state index contributed by atoms with van der Waals surface area (Å²) in [6.45, 7) is 0. The molecule has 2 heterocycles. The van der Waals surface area contributed by atoms with Gasteiger partial charge in [-0.15, -0.1) is 11.6 Å². The van der Waals surface area contributed by atoms with Crippen LogP contribution in [0.15, 0.2) is 0 Å². The molecular formula is C6H9ClO2S. The van der Waals surface area contributed by atoms with Crippen molar-refractivity contribution in [2.24, 2.45) is 11.8 Å². The molecule has 10 heavy (non-hydrogen) atoms. The zero-order valence-corrected chi connectivity index (χ0v) is 7.03. The van der Waals surface area contributed by atoms with Crippen LogP contribution in [0, 0.1) is 11.8 Å². The van der Waals surface area contributed by atoms with Gasteiger partial charge in [0.1, 0.15) is 4.71 Å². The van der Waals surface area contributed by atoms with Crippen molar-refractivity contribution in [2.45, 2.75) is 17.6 Å². The Morgan fingerprint density at radius 3 is 2.20 bits per heavy atom. The Kier molecular flexibility index (Phi) is 1.30. The minimum atomic E-state index is -2.90. The SMILES string of the molecule is O=S1(=O)CC2CC(C2)[C@H]1Cl. The van der Waals surface area contributed by atoms with Crippen molar-refractivity contribution in [1.29, 1.82) is 0 Å². The fourth-order valence-corrected chi connectivity index (χ4v) is 4.20. The summed E-state index contributed by atoms with van der Waals surface area (Å²) >= 11 is 5.71. The van der Waals surface area contributed by atoms with Gasteiger partial charge in [-0.25, -0.2) is 8.42 Å². The normalized spacial score (nSPS) is 49.9. The van der Waals surface area contributed by atoms with E-state index in [0.29, 0.717) is 11.7 Å². The van der Waals surface area contributed by atoms with Gasteiger partial charge < -0.3 is 0 Å². The van der Waals surface area contributed by atoms with E-state index in [1.165, 1.54) is 0 Å². The van der Waals surface area contributed by atoms with Gasteiger partial charge in [0.25, 0.3) is 0 Å². The molecule has 2 bridgehead atoms. The molecule has 3 fully saturated rings. The van der Waals surface area contributed by atoms with Crippen LogP contribution in [0.25, 0.3) is 0 Å². The molecule has 2 aliphatic heterocycles. The van der Waals surface area contributed by atoms with Crippen molar-refractivity contribution in [3.05, 3.63) is 0 Å². The van der Waals surface area contributed by atoms with Crippen LogP contribution in [0.3, 0.4) is 0 Å². The van der Waals surface area contributed by atoms with E-state index in [4.69, 9.17) is 11.6 Å². The second-order valence-corrected chi connectivity index (χ2v) is 6.17. The summed E-state index contributed by atoms with van der Waals surface area (Å²) in [5.74, 6) is 1.04. The van der Waals surface area contributed by atoms with E-state index < -0.39 is 14.5 Å². The summed E-state index contributed by atoms with van der Waals surface area (Å²) in [5, 5.41) is 0.